The smallest absolute Gasteiger partial charge is 0.164 e. The number of imidazole rings is 1. The summed E-state index contributed by atoms with van der Waals surface area (Å²) >= 11 is 1.83. The molecule has 0 atom stereocenters. The van der Waals surface area contributed by atoms with Gasteiger partial charge in [0.2, 0.25) is 0 Å². The minimum Gasteiger partial charge on any atom is -0.290 e. The molecule has 12 aromatic rings. The second-order valence-electron chi connectivity index (χ2n) is 16.1. The monoisotopic (exact) mass is 793 g/mol. The van der Waals surface area contributed by atoms with Crippen molar-refractivity contribution >= 4 is 59.1 Å². The first-order valence-electron chi connectivity index (χ1n) is 20.6. The molecular formula is C55H31N5S. The lowest BCUT2D eigenvalue weighted by atomic mass is 9.70. The summed E-state index contributed by atoms with van der Waals surface area (Å²) in [6.07, 6.45) is 0. The van der Waals surface area contributed by atoms with Gasteiger partial charge in [-0.2, -0.15) is 0 Å². The summed E-state index contributed by atoms with van der Waals surface area (Å²) in [5.41, 5.74) is 16.7. The quantitative estimate of drug-likeness (QED) is 0.179. The SMILES string of the molecule is c1ccc(-c2nc(-c3ccc4sc5c6ccccc6c6nc7ccccc7n6c5c4c3)nc(-c3cccc4c3-c3ccccc3C43c4ccccc4-c4ccccc43)n2)cc1. The molecule has 2 aliphatic rings. The number of benzene rings is 8. The highest BCUT2D eigenvalue weighted by Crippen LogP contribution is 2.63. The number of para-hydroxylation sites is 2. The van der Waals surface area contributed by atoms with E-state index in [1.165, 1.54) is 59.3 Å². The predicted molar refractivity (Wildman–Crippen MR) is 249 cm³/mol. The maximum Gasteiger partial charge on any atom is 0.164 e. The summed E-state index contributed by atoms with van der Waals surface area (Å²) in [5.74, 6) is 1.92. The van der Waals surface area contributed by atoms with Gasteiger partial charge in [-0.3, -0.25) is 4.40 Å². The van der Waals surface area contributed by atoms with Crippen molar-refractivity contribution in [1.82, 2.24) is 24.3 Å². The summed E-state index contributed by atoms with van der Waals surface area (Å²) in [4.78, 5) is 21.2. The Morgan fingerprint density at radius 3 is 1.79 bits per heavy atom. The van der Waals surface area contributed by atoms with E-state index in [1.807, 2.05) is 29.5 Å². The predicted octanol–water partition coefficient (Wildman–Crippen LogP) is 13.5. The van der Waals surface area contributed by atoms with Crippen LogP contribution >= 0.6 is 11.3 Å². The second-order valence-corrected chi connectivity index (χ2v) is 17.1. The van der Waals surface area contributed by atoms with Crippen LogP contribution in [0.2, 0.25) is 0 Å². The number of rotatable bonds is 3. The zero-order valence-electron chi connectivity index (χ0n) is 32.5. The zero-order valence-corrected chi connectivity index (χ0v) is 33.4. The summed E-state index contributed by atoms with van der Waals surface area (Å²) in [6, 6.07) is 67.5. The van der Waals surface area contributed by atoms with E-state index in [4.69, 9.17) is 19.9 Å². The summed E-state index contributed by atoms with van der Waals surface area (Å²) in [7, 11) is 0. The first-order chi connectivity index (χ1) is 30.3. The van der Waals surface area contributed by atoms with Crippen molar-refractivity contribution in [3.05, 3.63) is 210 Å². The van der Waals surface area contributed by atoms with Gasteiger partial charge in [0.15, 0.2) is 17.5 Å². The summed E-state index contributed by atoms with van der Waals surface area (Å²) in [6.45, 7) is 0. The Bertz CT molecular complexity index is 3800. The largest absolute Gasteiger partial charge is 0.290 e. The van der Waals surface area contributed by atoms with E-state index in [-0.39, 0.29) is 0 Å². The fourth-order valence-electron chi connectivity index (χ4n) is 10.6. The van der Waals surface area contributed by atoms with Crippen LogP contribution in [0.4, 0.5) is 0 Å². The van der Waals surface area contributed by atoms with E-state index >= 15 is 0 Å². The van der Waals surface area contributed by atoms with Crippen LogP contribution in [-0.4, -0.2) is 24.3 Å². The molecule has 5 nitrogen and oxygen atoms in total. The van der Waals surface area contributed by atoms with Crippen LogP contribution in [-0.2, 0) is 5.41 Å². The molecule has 0 saturated carbocycles. The molecule has 4 aromatic heterocycles. The molecule has 282 valence electrons. The lowest BCUT2D eigenvalue weighted by Crippen LogP contribution is -2.25. The highest BCUT2D eigenvalue weighted by atomic mass is 32.1. The average Bonchev–Trinajstić information content (AvgIpc) is 4.07. The van der Waals surface area contributed by atoms with Gasteiger partial charge >= 0.3 is 0 Å². The van der Waals surface area contributed by atoms with E-state index in [0.717, 1.165) is 49.7 Å². The molecule has 0 amide bonds. The molecule has 0 N–H and O–H groups in total. The Kier molecular flexibility index (Phi) is 6.58. The molecule has 0 radical (unpaired) electrons. The Hall–Kier alpha value is -7.80. The van der Waals surface area contributed by atoms with Gasteiger partial charge in [0, 0.05) is 37.5 Å². The molecule has 4 heterocycles. The van der Waals surface area contributed by atoms with Gasteiger partial charge in [0.1, 0.15) is 5.65 Å². The van der Waals surface area contributed by atoms with E-state index in [0.29, 0.717) is 17.5 Å². The summed E-state index contributed by atoms with van der Waals surface area (Å²) < 4.78 is 4.79. The summed E-state index contributed by atoms with van der Waals surface area (Å²) in [5, 5.41) is 3.51. The third kappa shape index (κ3) is 4.33. The normalized spacial score (nSPS) is 13.4. The second kappa shape index (κ2) is 12.1. The molecule has 2 aliphatic carbocycles. The number of hydrogen-bond donors (Lipinski definition) is 0. The Morgan fingerprint density at radius 1 is 0.410 bits per heavy atom. The van der Waals surface area contributed by atoms with Gasteiger partial charge in [0.05, 0.1) is 26.7 Å². The standard InChI is InChI=1S/C55H31N5S/c1-2-15-32(16-3-1)51-57-52(33-29-30-47-40(31-33)49-50(61-47)36-19-4-5-20-37(36)54-56-45-27-12-13-28-46(45)60(49)54)59-53(58-51)39-22-14-26-44-48(39)38-21-8-11-25-43(38)55(44)41-23-9-6-17-34(41)35-18-7-10-24-42(35)55/h1-31H. The first kappa shape index (κ1) is 33.1. The number of thiophene rings is 1. The van der Waals surface area contributed by atoms with E-state index in [2.05, 4.69) is 174 Å². The Morgan fingerprint density at radius 2 is 1.00 bits per heavy atom. The van der Waals surface area contributed by atoms with Gasteiger partial charge in [-0.1, -0.05) is 158 Å². The third-order valence-corrected chi connectivity index (χ3v) is 14.2. The molecule has 14 rings (SSSR count). The molecule has 1 spiro atoms. The molecule has 0 fully saturated rings. The molecule has 6 heteroatoms. The lowest BCUT2D eigenvalue weighted by molar-refractivity contribution is 0.794. The van der Waals surface area contributed by atoms with E-state index in [1.54, 1.807) is 0 Å². The van der Waals surface area contributed by atoms with Crippen LogP contribution in [0.15, 0.2) is 188 Å². The minimum absolute atomic E-state index is 0.467. The van der Waals surface area contributed by atoms with Crippen molar-refractivity contribution in [2.45, 2.75) is 5.41 Å². The topological polar surface area (TPSA) is 56.0 Å². The molecule has 8 aromatic carbocycles. The zero-order chi connectivity index (χ0) is 39.8. The molecule has 61 heavy (non-hydrogen) atoms. The number of hydrogen-bond acceptors (Lipinski definition) is 5. The maximum atomic E-state index is 5.44. The van der Waals surface area contributed by atoms with Crippen molar-refractivity contribution in [3.8, 4) is 56.4 Å². The van der Waals surface area contributed by atoms with Gasteiger partial charge in [0.25, 0.3) is 0 Å². The number of aromatic nitrogens is 5. The Balaban J connectivity index is 1.04. The highest BCUT2D eigenvalue weighted by Gasteiger charge is 2.52. The van der Waals surface area contributed by atoms with E-state index < -0.39 is 5.41 Å². The van der Waals surface area contributed by atoms with Crippen molar-refractivity contribution < 1.29 is 0 Å². The molecule has 0 aliphatic heterocycles. The maximum absolute atomic E-state index is 5.44. The minimum atomic E-state index is -0.467. The van der Waals surface area contributed by atoms with Crippen LogP contribution < -0.4 is 0 Å². The van der Waals surface area contributed by atoms with Crippen molar-refractivity contribution in [3.63, 3.8) is 0 Å². The van der Waals surface area contributed by atoms with Gasteiger partial charge < -0.3 is 0 Å². The van der Waals surface area contributed by atoms with Crippen molar-refractivity contribution in [1.29, 1.82) is 0 Å². The fraction of sp³-hybridized carbons (Fsp3) is 0.0182. The van der Waals surface area contributed by atoms with Gasteiger partial charge in [-0.05, 0) is 74.8 Å². The number of pyridine rings is 1. The molecular weight excluding hydrogens is 763 g/mol. The molecule has 0 bridgehead atoms. The fourth-order valence-corrected chi connectivity index (χ4v) is 11.8. The first-order valence-corrected chi connectivity index (χ1v) is 21.5. The number of nitrogens with zero attached hydrogens (tertiary/aromatic N) is 5. The van der Waals surface area contributed by atoms with Crippen LogP contribution in [0, 0.1) is 0 Å². The highest BCUT2D eigenvalue weighted by molar-refractivity contribution is 7.26. The number of fused-ring (bicyclic) bond motifs is 20. The van der Waals surface area contributed by atoms with Crippen LogP contribution in [0.3, 0.4) is 0 Å². The van der Waals surface area contributed by atoms with Crippen LogP contribution in [0.5, 0.6) is 0 Å². The lowest BCUT2D eigenvalue weighted by Gasteiger charge is -2.30. The van der Waals surface area contributed by atoms with Gasteiger partial charge in [-0.15, -0.1) is 11.3 Å². The van der Waals surface area contributed by atoms with Gasteiger partial charge in [-0.25, -0.2) is 19.9 Å². The van der Waals surface area contributed by atoms with E-state index in [9.17, 15) is 0 Å². The van der Waals surface area contributed by atoms with Crippen molar-refractivity contribution in [2.24, 2.45) is 0 Å². The van der Waals surface area contributed by atoms with Crippen LogP contribution in [0.1, 0.15) is 22.3 Å². The van der Waals surface area contributed by atoms with Crippen molar-refractivity contribution in [2.75, 3.05) is 0 Å². The average molecular weight is 794 g/mol. The van der Waals surface area contributed by atoms with Crippen LogP contribution in [0.25, 0.3) is 104 Å². The third-order valence-electron chi connectivity index (χ3n) is 13.0. The Labute approximate surface area is 353 Å². The molecule has 0 saturated heterocycles. The molecule has 0 unspecified atom stereocenters.